The van der Waals surface area contributed by atoms with Crippen LogP contribution in [0.25, 0.3) is 0 Å². The third-order valence-electron chi connectivity index (χ3n) is 5.05. The van der Waals surface area contributed by atoms with Crippen LogP contribution in [0, 0.1) is 0 Å². The van der Waals surface area contributed by atoms with Gasteiger partial charge in [-0.2, -0.15) is 0 Å². The average molecular weight is 452 g/mol. The molecular weight excluding hydrogens is 426 g/mol. The summed E-state index contributed by atoms with van der Waals surface area (Å²) in [5.74, 6) is -0.855. The van der Waals surface area contributed by atoms with E-state index in [-0.39, 0.29) is 23.2 Å². The molecule has 166 valence electrons. The maximum Gasteiger partial charge on any atom is 0.257 e. The molecule has 0 aliphatic rings. The van der Waals surface area contributed by atoms with Gasteiger partial charge in [0.2, 0.25) is 10.0 Å². The molecule has 2 amide bonds. The van der Waals surface area contributed by atoms with Crippen molar-refractivity contribution < 1.29 is 18.0 Å². The molecule has 0 radical (unpaired) electrons. The minimum Gasteiger partial charge on any atom is -0.345 e. The third-order valence-corrected chi connectivity index (χ3v) is 6.24. The van der Waals surface area contributed by atoms with Gasteiger partial charge in [-0.1, -0.05) is 54.6 Å². The Morgan fingerprint density at radius 2 is 1.38 bits per heavy atom. The van der Waals surface area contributed by atoms with Crippen LogP contribution in [0.2, 0.25) is 0 Å². The Morgan fingerprint density at radius 3 is 2.03 bits per heavy atom. The third kappa shape index (κ3) is 5.33. The van der Waals surface area contributed by atoms with E-state index in [0.29, 0.717) is 11.3 Å². The van der Waals surface area contributed by atoms with Crippen molar-refractivity contribution in [2.24, 2.45) is 0 Å². The maximum absolute atomic E-state index is 13.0. The molecule has 0 aliphatic carbocycles. The molecule has 3 rings (SSSR count). The first-order valence-electron chi connectivity index (χ1n) is 9.97. The monoisotopic (exact) mass is 451 g/mol. The lowest BCUT2D eigenvalue weighted by molar-refractivity contribution is 0.0940. The summed E-state index contributed by atoms with van der Waals surface area (Å²) in [5.41, 5.74) is 2.00. The van der Waals surface area contributed by atoms with E-state index in [1.165, 1.54) is 13.1 Å². The van der Waals surface area contributed by atoms with Crippen molar-refractivity contribution in [2.45, 2.75) is 13.0 Å². The van der Waals surface area contributed by atoms with Crippen molar-refractivity contribution in [3.8, 4) is 0 Å². The van der Waals surface area contributed by atoms with Crippen LogP contribution in [0.4, 0.5) is 11.4 Å². The Kier molecular flexibility index (Phi) is 6.95. The molecule has 32 heavy (non-hydrogen) atoms. The second-order valence-electron chi connectivity index (χ2n) is 7.35. The number of carbonyl (C=O) groups is 2. The first kappa shape index (κ1) is 23.0. The van der Waals surface area contributed by atoms with Gasteiger partial charge in [0.15, 0.2) is 0 Å². The van der Waals surface area contributed by atoms with E-state index in [1.807, 2.05) is 37.3 Å². The molecule has 0 heterocycles. The van der Waals surface area contributed by atoms with Gasteiger partial charge in [-0.15, -0.1) is 0 Å². The van der Waals surface area contributed by atoms with Crippen LogP contribution in [0.1, 0.15) is 39.2 Å². The fourth-order valence-electron chi connectivity index (χ4n) is 3.20. The fraction of sp³-hybridized carbons (Fsp3) is 0.167. The van der Waals surface area contributed by atoms with Crippen molar-refractivity contribution in [2.75, 3.05) is 22.9 Å². The van der Waals surface area contributed by atoms with Gasteiger partial charge in [0, 0.05) is 7.05 Å². The zero-order valence-electron chi connectivity index (χ0n) is 18.1. The van der Waals surface area contributed by atoms with E-state index in [0.717, 1.165) is 16.1 Å². The molecule has 0 saturated carbocycles. The fourth-order valence-corrected chi connectivity index (χ4v) is 3.71. The van der Waals surface area contributed by atoms with Gasteiger partial charge in [-0.05, 0) is 36.8 Å². The smallest absolute Gasteiger partial charge is 0.257 e. The summed E-state index contributed by atoms with van der Waals surface area (Å²) in [6, 6.07) is 22.4. The van der Waals surface area contributed by atoms with E-state index in [2.05, 4.69) is 10.6 Å². The Labute approximate surface area is 188 Å². The Bertz CT molecular complexity index is 1230. The van der Waals surface area contributed by atoms with Crippen LogP contribution in [-0.4, -0.2) is 33.5 Å². The van der Waals surface area contributed by atoms with Crippen LogP contribution < -0.4 is 14.9 Å². The van der Waals surface area contributed by atoms with Gasteiger partial charge in [0.1, 0.15) is 0 Å². The lowest BCUT2D eigenvalue weighted by Crippen LogP contribution is -2.29. The predicted molar refractivity (Wildman–Crippen MR) is 126 cm³/mol. The highest BCUT2D eigenvalue weighted by Crippen LogP contribution is 2.24. The molecule has 0 aliphatic heterocycles. The topological polar surface area (TPSA) is 95.6 Å². The van der Waals surface area contributed by atoms with Gasteiger partial charge in [-0.3, -0.25) is 13.9 Å². The number of para-hydroxylation sites is 2. The van der Waals surface area contributed by atoms with Gasteiger partial charge in [0.25, 0.3) is 11.8 Å². The van der Waals surface area contributed by atoms with Crippen molar-refractivity contribution in [3.05, 3.63) is 95.6 Å². The molecule has 1 atom stereocenters. The number of hydrogen-bond acceptors (Lipinski definition) is 4. The molecule has 0 bridgehead atoms. The Balaban J connectivity index is 1.84. The number of rotatable bonds is 7. The Hall–Kier alpha value is -3.65. The molecule has 2 N–H and O–H groups in total. The van der Waals surface area contributed by atoms with Gasteiger partial charge in [0.05, 0.1) is 34.8 Å². The summed E-state index contributed by atoms with van der Waals surface area (Å²) in [6.45, 7) is 1.88. The molecule has 0 fully saturated rings. The van der Waals surface area contributed by atoms with E-state index in [4.69, 9.17) is 0 Å². The number of hydrogen-bond donors (Lipinski definition) is 2. The first-order chi connectivity index (χ1) is 15.2. The van der Waals surface area contributed by atoms with E-state index in [9.17, 15) is 18.0 Å². The molecule has 3 aromatic carbocycles. The number of carbonyl (C=O) groups excluding carboxylic acids is 2. The summed E-state index contributed by atoms with van der Waals surface area (Å²) in [4.78, 5) is 25.9. The summed E-state index contributed by atoms with van der Waals surface area (Å²) in [7, 11) is -2.17. The van der Waals surface area contributed by atoms with E-state index < -0.39 is 15.9 Å². The van der Waals surface area contributed by atoms with Crippen molar-refractivity contribution in [1.29, 1.82) is 0 Å². The number of benzene rings is 3. The van der Waals surface area contributed by atoms with Crippen LogP contribution in [-0.2, 0) is 10.0 Å². The number of nitrogens with zero attached hydrogens (tertiary/aromatic N) is 1. The highest BCUT2D eigenvalue weighted by atomic mass is 32.2. The average Bonchev–Trinajstić information content (AvgIpc) is 2.78. The molecule has 1 unspecified atom stereocenters. The molecule has 0 saturated heterocycles. The summed E-state index contributed by atoms with van der Waals surface area (Å²) in [5, 5.41) is 5.68. The van der Waals surface area contributed by atoms with Crippen LogP contribution in [0.3, 0.4) is 0 Å². The summed E-state index contributed by atoms with van der Waals surface area (Å²) in [6.07, 6.45) is 1.06. The van der Waals surface area contributed by atoms with E-state index in [1.54, 1.807) is 42.5 Å². The van der Waals surface area contributed by atoms with Gasteiger partial charge in [-0.25, -0.2) is 8.42 Å². The molecule has 3 aromatic rings. The molecule has 0 aromatic heterocycles. The lowest BCUT2D eigenvalue weighted by atomic mass is 10.1. The zero-order chi connectivity index (χ0) is 23.3. The summed E-state index contributed by atoms with van der Waals surface area (Å²) < 4.78 is 25.0. The van der Waals surface area contributed by atoms with Crippen LogP contribution in [0.15, 0.2) is 78.9 Å². The van der Waals surface area contributed by atoms with Crippen molar-refractivity contribution in [1.82, 2.24) is 5.32 Å². The predicted octanol–water partition coefficient (Wildman–Crippen LogP) is 3.83. The quantitative estimate of drug-likeness (QED) is 0.571. The Morgan fingerprint density at radius 1 is 0.812 bits per heavy atom. The highest BCUT2D eigenvalue weighted by Gasteiger charge is 2.21. The lowest BCUT2D eigenvalue weighted by Gasteiger charge is -2.20. The van der Waals surface area contributed by atoms with Gasteiger partial charge < -0.3 is 10.6 Å². The minimum absolute atomic E-state index is 0.174. The second kappa shape index (κ2) is 9.65. The number of anilines is 2. The largest absolute Gasteiger partial charge is 0.345 e. The second-order valence-corrected chi connectivity index (χ2v) is 9.37. The number of sulfonamides is 1. The SMILES string of the molecule is CC(NC(=O)c1ccccc1NC(=O)c1ccccc1N(C)S(C)(=O)=O)c1ccccc1. The molecule has 7 nitrogen and oxygen atoms in total. The molecule has 8 heteroatoms. The molecule has 0 spiro atoms. The normalized spacial score (nSPS) is 12.0. The van der Waals surface area contributed by atoms with Crippen molar-refractivity contribution in [3.63, 3.8) is 0 Å². The number of amides is 2. The molecular formula is C24H25N3O4S. The van der Waals surface area contributed by atoms with E-state index >= 15 is 0 Å². The van der Waals surface area contributed by atoms with Crippen molar-refractivity contribution >= 4 is 33.2 Å². The summed E-state index contributed by atoms with van der Waals surface area (Å²) >= 11 is 0. The standard InChI is InChI=1S/C24H25N3O4S/c1-17(18-11-5-4-6-12-18)25-23(28)19-13-7-9-15-21(19)26-24(29)20-14-8-10-16-22(20)27(2)32(3,30)31/h4-17H,1-3H3,(H,25,28)(H,26,29). The van der Waals surface area contributed by atoms with Crippen LogP contribution in [0.5, 0.6) is 0 Å². The zero-order valence-corrected chi connectivity index (χ0v) is 18.9. The highest BCUT2D eigenvalue weighted by molar-refractivity contribution is 7.92. The maximum atomic E-state index is 13.0. The minimum atomic E-state index is -3.56. The number of nitrogens with one attached hydrogen (secondary N) is 2. The first-order valence-corrected chi connectivity index (χ1v) is 11.8. The van der Waals surface area contributed by atoms with Crippen LogP contribution >= 0.6 is 0 Å². The van der Waals surface area contributed by atoms with Gasteiger partial charge >= 0.3 is 0 Å².